The summed E-state index contributed by atoms with van der Waals surface area (Å²) in [5.41, 5.74) is 0. The highest BCUT2D eigenvalue weighted by Gasteiger charge is 2.20. The molecule has 0 bridgehead atoms. The highest BCUT2D eigenvalue weighted by molar-refractivity contribution is 7.45. The van der Waals surface area contributed by atoms with E-state index in [1.807, 2.05) is 21.1 Å². The van der Waals surface area contributed by atoms with Crippen molar-refractivity contribution in [3.8, 4) is 0 Å². The van der Waals surface area contributed by atoms with Crippen LogP contribution >= 0.6 is 7.82 Å². The molecule has 0 aliphatic heterocycles. The van der Waals surface area contributed by atoms with E-state index in [4.69, 9.17) is 18.5 Å². The van der Waals surface area contributed by atoms with Crippen molar-refractivity contribution in [3.05, 3.63) is 12.2 Å². The van der Waals surface area contributed by atoms with Crippen LogP contribution in [-0.2, 0) is 27.9 Å². The molecule has 0 saturated carbocycles. The second-order valence-electron chi connectivity index (χ2n) is 16.1. The Hall–Kier alpha value is -0.760. The lowest BCUT2D eigenvalue weighted by Gasteiger charge is -2.28. The fourth-order valence-corrected chi connectivity index (χ4v) is 6.86. The van der Waals surface area contributed by atoms with Gasteiger partial charge in [-0.2, -0.15) is 0 Å². The van der Waals surface area contributed by atoms with Crippen molar-refractivity contribution in [2.75, 3.05) is 54.1 Å². The molecule has 0 fully saturated rings. The lowest BCUT2D eigenvalue weighted by atomic mass is 10.0. The van der Waals surface area contributed by atoms with E-state index < -0.39 is 13.9 Å². The predicted molar refractivity (Wildman–Crippen MR) is 217 cm³/mol. The van der Waals surface area contributed by atoms with Crippen LogP contribution in [0.2, 0.25) is 0 Å². The standard InChI is InChI=1S/C43H86NO7P/c1-6-8-10-12-14-16-18-20-21-22-23-24-25-27-29-31-33-35-38-48-40-42(41-50-52(46,47)49-39-37-44(3,4)5)51-43(45)36-34-32-30-28-26-19-17-15-13-11-9-7-2/h20-21,42H,6-19,22-41H2,1-5H3/b21-20-. The zero-order chi connectivity index (χ0) is 38.4. The monoisotopic (exact) mass is 760 g/mol. The van der Waals surface area contributed by atoms with Crippen LogP contribution in [0, 0.1) is 0 Å². The molecule has 8 nitrogen and oxygen atoms in total. The number of unbranched alkanes of at least 4 members (excludes halogenated alkanes) is 25. The number of allylic oxidation sites excluding steroid dienone is 2. The Kier molecular flexibility index (Phi) is 36.6. The Labute approximate surface area is 322 Å². The van der Waals surface area contributed by atoms with E-state index in [2.05, 4.69) is 26.0 Å². The maximum Gasteiger partial charge on any atom is 0.306 e. The first-order valence-electron chi connectivity index (χ1n) is 21.9. The number of phosphoric ester groups is 1. The van der Waals surface area contributed by atoms with Crippen molar-refractivity contribution in [2.24, 2.45) is 0 Å². The van der Waals surface area contributed by atoms with Gasteiger partial charge < -0.3 is 27.9 Å². The van der Waals surface area contributed by atoms with Gasteiger partial charge in [0.25, 0.3) is 7.82 Å². The van der Waals surface area contributed by atoms with Gasteiger partial charge in [0.05, 0.1) is 34.4 Å². The van der Waals surface area contributed by atoms with Crippen molar-refractivity contribution in [1.29, 1.82) is 0 Å². The van der Waals surface area contributed by atoms with Crippen molar-refractivity contribution >= 4 is 13.8 Å². The van der Waals surface area contributed by atoms with Crippen molar-refractivity contribution in [1.82, 2.24) is 0 Å². The Balaban J connectivity index is 4.18. The zero-order valence-corrected chi connectivity index (χ0v) is 35.9. The van der Waals surface area contributed by atoms with Gasteiger partial charge >= 0.3 is 5.97 Å². The summed E-state index contributed by atoms with van der Waals surface area (Å²) < 4.78 is 34.6. The quantitative estimate of drug-likeness (QED) is 0.0201. The van der Waals surface area contributed by atoms with Crippen LogP contribution in [0.4, 0.5) is 0 Å². The molecule has 0 aromatic rings. The normalized spacial score (nSPS) is 13.9. The van der Waals surface area contributed by atoms with Crippen LogP contribution in [0.15, 0.2) is 12.2 Å². The molecule has 310 valence electrons. The van der Waals surface area contributed by atoms with E-state index in [-0.39, 0.29) is 25.8 Å². The van der Waals surface area contributed by atoms with Gasteiger partial charge in [0.2, 0.25) is 0 Å². The summed E-state index contributed by atoms with van der Waals surface area (Å²) in [6, 6.07) is 0. The first-order valence-corrected chi connectivity index (χ1v) is 23.4. The lowest BCUT2D eigenvalue weighted by Crippen LogP contribution is -2.37. The van der Waals surface area contributed by atoms with Crippen LogP contribution < -0.4 is 4.89 Å². The smallest absolute Gasteiger partial charge is 0.306 e. The molecule has 0 aromatic heterocycles. The number of nitrogens with zero attached hydrogens (tertiary/aromatic N) is 1. The van der Waals surface area contributed by atoms with Crippen LogP contribution in [0.25, 0.3) is 0 Å². The SMILES string of the molecule is CCCCCCCC/C=C\CCCCCCCCCCOCC(COP(=O)([O-])OCC[N+](C)(C)C)OC(=O)CCCCCCCCCCCCCC. The number of hydrogen-bond donors (Lipinski definition) is 0. The van der Waals surface area contributed by atoms with Gasteiger partial charge in [-0.05, 0) is 38.5 Å². The number of carbonyl (C=O) groups is 1. The minimum absolute atomic E-state index is 0.0287. The number of ether oxygens (including phenoxy) is 2. The fourth-order valence-electron chi connectivity index (χ4n) is 6.13. The molecule has 9 heteroatoms. The molecular formula is C43H86NO7P. The molecule has 0 amide bonds. The maximum atomic E-state index is 12.6. The third-order valence-electron chi connectivity index (χ3n) is 9.57. The van der Waals surface area contributed by atoms with E-state index in [1.54, 1.807) is 0 Å². The van der Waals surface area contributed by atoms with Crippen molar-refractivity contribution in [2.45, 2.75) is 206 Å². The molecule has 0 aliphatic carbocycles. The van der Waals surface area contributed by atoms with Gasteiger partial charge in [0.1, 0.15) is 19.3 Å². The number of quaternary nitrogens is 1. The summed E-state index contributed by atoms with van der Waals surface area (Å²) in [5, 5.41) is 0. The fraction of sp³-hybridized carbons (Fsp3) is 0.930. The number of carbonyl (C=O) groups excluding carboxylic acids is 1. The van der Waals surface area contributed by atoms with Crippen molar-refractivity contribution < 1.29 is 37.3 Å². The Morgan fingerprint density at radius 2 is 1.00 bits per heavy atom. The van der Waals surface area contributed by atoms with E-state index in [0.717, 1.165) is 32.1 Å². The first kappa shape index (κ1) is 51.2. The molecule has 2 unspecified atom stereocenters. The number of phosphoric acid groups is 1. The molecule has 2 atom stereocenters. The largest absolute Gasteiger partial charge is 0.756 e. The van der Waals surface area contributed by atoms with Gasteiger partial charge in [0, 0.05) is 13.0 Å². The number of rotatable bonds is 41. The molecule has 0 heterocycles. The molecule has 0 N–H and O–H groups in total. The second-order valence-corrected chi connectivity index (χ2v) is 17.5. The van der Waals surface area contributed by atoms with E-state index >= 15 is 0 Å². The van der Waals surface area contributed by atoms with Gasteiger partial charge in [-0.15, -0.1) is 0 Å². The maximum absolute atomic E-state index is 12.6. The van der Waals surface area contributed by atoms with Gasteiger partial charge in [-0.25, -0.2) is 0 Å². The molecule has 0 radical (unpaired) electrons. The average Bonchev–Trinajstić information content (AvgIpc) is 3.09. The highest BCUT2D eigenvalue weighted by Crippen LogP contribution is 2.38. The van der Waals surface area contributed by atoms with Crippen LogP contribution in [0.5, 0.6) is 0 Å². The average molecular weight is 760 g/mol. The van der Waals surface area contributed by atoms with Crippen LogP contribution in [0.1, 0.15) is 200 Å². The molecule has 0 spiro atoms. The van der Waals surface area contributed by atoms with Crippen LogP contribution in [0.3, 0.4) is 0 Å². The molecule has 0 rings (SSSR count). The predicted octanol–water partition coefficient (Wildman–Crippen LogP) is 12.0. The molecule has 0 aliphatic rings. The number of likely N-dealkylation sites (N-methyl/N-ethyl adjacent to an activating group) is 1. The number of esters is 1. The Morgan fingerprint density at radius 1 is 0.577 bits per heavy atom. The van der Waals surface area contributed by atoms with Gasteiger partial charge in [0.15, 0.2) is 0 Å². The minimum Gasteiger partial charge on any atom is -0.756 e. The summed E-state index contributed by atoms with van der Waals surface area (Å²) in [6.45, 7) is 5.43. The van der Waals surface area contributed by atoms with E-state index in [1.165, 1.54) is 148 Å². The Bertz CT molecular complexity index is 848. The third-order valence-corrected chi connectivity index (χ3v) is 10.5. The molecule has 0 aromatic carbocycles. The van der Waals surface area contributed by atoms with Crippen molar-refractivity contribution in [3.63, 3.8) is 0 Å². The minimum atomic E-state index is -4.52. The first-order chi connectivity index (χ1) is 25.1. The summed E-state index contributed by atoms with van der Waals surface area (Å²) in [4.78, 5) is 25.0. The van der Waals surface area contributed by atoms with Gasteiger partial charge in [-0.1, -0.05) is 167 Å². The summed E-state index contributed by atoms with van der Waals surface area (Å²) >= 11 is 0. The summed E-state index contributed by atoms with van der Waals surface area (Å²) in [6.07, 6.45) is 39.3. The summed E-state index contributed by atoms with van der Waals surface area (Å²) in [7, 11) is 1.36. The molecular weight excluding hydrogens is 673 g/mol. The Morgan fingerprint density at radius 3 is 1.46 bits per heavy atom. The van der Waals surface area contributed by atoms with E-state index in [9.17, 15) is 14.3 Å². The lowest BCUT2D eigenvalue weighted by molar-refractivity contribution is -0.870. The third kappa shape index (κ3) is 40.4. The molecule has 52 heavy (non-hydrogen) atoms. The van der Waals surface area contributed by atoms with Gasteiger partial charge in [-0.3, -0.25) is 9.36 Å². The zero-order valence-electron chi connectivity index (χ0n) is 35.0. The van der Waals surface area contributed by atoms with E-state index in [0.29, 0.717) is 24.1 Å². The topological polar surface area (TPSA) is 94.1 Å². The van der Waals surface area contributed by atoms with Crippen LogP contribution in [-0.4, -0.2) is 70.7 Å². The second kappa shape index (κ2) is 37.2. The number of hydrogen-bond acceptors (Lipinski definition) is 7. The highest BCUT2D eigenvalue weighted by atomic mass is 31.2. The molecule has 0 saturated heterocycles. The summed E-state index contributed by atoms with van der Waals surface area (Å²) in [5.74, 6) is -0.333.